The third kappa shape index (κ3) is 5.13. The predicted octanol–water partition coefficient (Wildman–Crippen LogP) is 5.47. The molecule has 4 heteroatoms. The van der Waals surface area contributed by atoms with Crippen molar-refractivity contribution >= 4 is 11.8 Å². The molecule has 166 valence electrons. The predicted molar refractivity (Wildman–Crippen MR) is 116 cm³/mol. The van der Waals surface area contributed by atoms with Gasteiger partial charge in [-0.2, -0.15) is 0 Å². The van der Waals surface area contributed by atoms with Gasteiger partial charge in [0.2, 0.25) is 0 Å². The van der Waals surface area contributed by atoms with Crippen LogP contribution in [0.15, 0.2) is 12.7 Å². The van der Waals surface area contributed by atoms with Crippen LogP contribution in [-0.4, -0.2) is 29.6 Å². The zero-order chi connectivity index (χ0) is 21.9. The molecule has 2 aliphatic carbocycles. The molecule has 0 saturated heterocycles. The van der Waals surface area contributed by atoms with Crippen LogP contribution in [0.3, 0.4) is 0 Å². The second-order valence-corrected chi connectivity index (χ2v) is 10.6. The topological polar surface area (TPSA) is 63.6 Å². The molecule has 0 radical (unpaired) electrons. The second kappa shape index (κ2) is 9.32. The molecule has 0 aliphatic heterocycles. The molecule has 0 aromatic carbocycles. The van der Waals surface area contributed by atoms with Crippen LogP contribution in [0.2, 0.25) is 0 Å². The summed E-state index contributed by atoms with van der Waals surface area (Å²) < 4.78 is 5.73. The van der Waals surface area contributed by atoms with Crippen LogP contribution in [0.5, 0.6) is 0 Å². The van der Waals surface area contributed by atoms with Crippen LogP contribution in [0.4, 0.5) is 0 Å². The first kappa shape index (κ1) is 24.1. The summed E-state index contributed by atoms with van der Waals surface area (Å²) in [4.78, 5) is 25.5. The van der Waals surface area contributed by atoms with Crippen molar-refractivity contribution in [2.45, 2.75) is 98.5 Å². The maximum Gasteiger partial charge on any atom is 0.332 e. The van der Waals surface area contributed by atoms with Crippen LogP contribution >= 0.6 is 0 Å². The van der Waals surface area contributed by atoms with Gasteiger partial charge in [0.05, 0.1) is 0 Å². The number of hydrogen-bond acceptors (Lipinski definition) is 4. The van der Waals surface area contributed by atoms with Gasteiger partial charge in [-0.3, -0.25) is 4.79 Å². The third-order valence-electron chi connectivity index (χ3n) is 8.17. The Bertz CT molecular complexity index is 606. The third-order valence-corrected chi connectivity index (χ3v) is 8.17. The number of fused-ring (bicyclic) bond motifs is 1. The van der Waals surface area contributed by atoms with E-state index in [1.165, 1.54) is 6.42 Å². The van der Waals surface area contributed by atoms with E-state index in [2.05, 4.69) is 34.3 Å². The fourth-order valence-electron chi connectivity index (χ4n) is 5.83. The van der Waals surface area contributed by atoms with Gasteiger partial charge in [-0.25, -0.2) is 4.79 Å². The Hall–Kier alpha value is -1.16. The lowest BCUT2D eigenvalue weighted by atomic mass is 9.53. The summed E-state index contributed by atoms with van der Waals surface area (Å²) in [5.74, 6) is 0.766. The summed E-state index contributed by atoms with van der Waals surface area (Å²) in [5.41, 5.74) is -0.887. The first-order chi connectivity index (χ1) is 13.6. The van der Waals surface area contributed by atoms with Crippen molar-refractivity contribution in [2.24, 2.45) is 28.1 Å². The van der Waals surface area contributed by atoms with E-state index in [9.17, 15) is 14.7 Å². The quantitative estimate of drug-likeness (QED) is 0.469. The SMILES string of the molecule is C=C[C@]1(C)C[C@@H](OC(=O)CO)C(C)(C)CC(CCC)CC2CC[C@@]2(CC)CC1=O. The average molecular weight is 407 g/mol. The van der Waals surface area contributed by atoms with Crippen molar-refractivity contribution in [3.8, 4) is 0 Å². The zero-order valence-electron chi connectivity index (χ0n) is 19.3. The van der Waals surface area contributed by atoms with Gasteiger partial charge < -0.3 is 9.84 Å². The Labute approximate surface area is 177 Å². The minimum Gasteiger partial charge on any atom is -0.460 e. The van der Waals surface area contributed by atoms with E-state index in [1.807, 2.05) is 6.92 Å². The summed E-state index contributed by atoms with van der Waals surface area (Å²) in [6.45, 7) is 14.0. The van der Waals surface area contributed by atoms with E-state index in [0.717, 1.165) is 38.5 Å². The fourth-order valence-corrected chi connectivity index (χ4v) is 5.83. The van der Waals surface area contributed by atoms with Crippen LogP contribution < -0.4 is 0 Å². The van der Waals surface area contributed by atoms with Crippen molar-refractivity contribution in [3.05, 3.63) is 12.7 Å². The molecule has 1 N–H and O–H groups in total. The molecule has 4 nitrogen and oxygen atoms in total. The number of aliphatic hydroxyl groups is 1. The molecule has 2 unspecified atom stereocenters. The van der Waals surface area contributed by atoms with Crippen LogP contribution in [0, 0.1) is 28.1 Å². The molecule has 0 amide bonds. The molecular weight excluding hydrogens is 364 g/mol. The number of Topliss-reactive ketones (excluding diaryl/α,β-unsaturated/α-hetero) is 1. The molecule has 0 aromatic heterocycles. The van der Waals surface area contributed by atoms with E-state index < -0.39 is 24.1 Å². The highest BCUT2D eigenvalue weighted by molar-refractivity contribution is 5.87. The Morgan fingerprint density at radius 1 is 1.28 bits per heavy atom. The molecule has 0 heterocycles. The number of hydrogen-bond donors (Lipinski definition) is 1. The molecule has 2 aliphatic rings. The number of esters is 1. The van der Waals surface area contributed by atoms with Crippen molar-refractivity contribution in [2.75, 3.05) is 6.61 Å². The highest BCUT2D eigenvalue weighted by atomic mass is 16.6. The molecule has 29 heavy (non-hydrogen) atoms. The molecule has 0 bridgehead atoms. The van der Waals surface area contributed by atoms with Gasteiger partial charge in [0.1, 0.15) is 18.5 Å². The number of allylic oxidation sites excluding steroid dienone is 1. The van der Waals surface area contributed by atoms with Crippen molar-refractivity contribution < 1.29 is 19.4 Å². The molecule has 0 aromatic rings. The Morgan fingerprint density at radius 3 is 2.45 bits per heavy atom. The lowest BCUT2D eigenvalue weighted by molar-refractivity contribution is -0.162. The molecular formula is C25H42O4. The molecule has 2 rings (SSSR count). The minimum atomic E-state index is -0.732. The van der Waals surface area contributed by atoms with Crippen LogP contribution in [0.25, 0.3) is 0 Å². The number of ether oxygens (including phenoxy) is 1. The molecule has 2 saturated carbocycles. The summed E-state index contributed by atoms with van der Waals surface area (Å²) >= 11 is 0. The normalized spacial score (nSPS) is 37.6. The summed E-state index contributed by atoms with van der Waals surface area (Å²) in [7, 11) is 0. The first-order valence-corrected chi connectivity index (χ1v) is 11.5. The second-order valence-electron chi connectivity index (χ2n) is 10.6. The fraction of sp³-hybridized carbons (Fsp3) is 0.840. The standard InChI is InChI=1S/C25H42O4/c1-7-10-18-13-19-11-12-25(19,9-3)15-20(27)24(6,8-2)16-21(23(4,5)14-18)29-22(28)17-26/h8,18-19,21,26H,2,7,9-17H2,1,3-6H3/t18?,19?,21-,24-,25+/m1/s1. The van der Waals surface area contributed by atoms with E-state index in [0.29, 0.717) is 24.7 Å². The van der Waals surface area contributed by atoms with Crippen molar-refractivity contribution in [3.63, 3.8) is 0 Å². The van der Waals surface area contributed by atoms with Crippen molar-refractivity contribution in [1.82, 2.24) is 0 Å². The van der Waals surface area contributed by atoms with Gasteiger partial charge in [0, 0.05) is 23.7 Å². The monoisotopic (exact) mass is 406 g/mol. The maximum absolute atomic E-state index is 13.5. The van der Waals surface area contributed by atoms with Crippen molar-refractivity contribution in [1.29, 1.82) is 0 Å². The van der Waals surface area contributed by atoms with Gasteiger partial charge >= 0.3 is 5.97 Å². The number of carbonyl (C=O) groups is 2. The number of rotatable bonds is 6. The largest absolute Gasteiger partial charge is 0.460 e. The van der Waals surface area contributed by atoms with Gasteiger partial charge in [0.25, 0.3) is 0 Å². The van der Waals surface area contributed by atoms with Crippen LogP contribution in [0.1, 0.15) is 92.4 Å². The van der Waals surface area contributed by atoms with E-state index in [1.54, 1.807) is 6.08 Å². The molecule has 0 spiro atoms. The number of aliphatic hydroxyl groups excluding tert-OH is 1. The maximum atomic E-state index is 13.5. The average Bonchev–Trinajstić information content (AvgIpc) is 2.67. The number of carbonyl (C=O) groups excluding carboxylic acids is 2. The summed E-state index contributed by atoms with van der Waals surface area (Å²) in [6.07, 6.45) is 10.2. The highest BCUT2D eigenvalue weighted by Crippen LogP contribution is 2.57. The molecule has 5 atom stereocenters. The smallest absolute Gasteiger partial charge is 0.332 e. The zero-order valence-corrected chi connectivity index (χ0v) is 19.3. The van der Waals surface area contributed by atoms with Gasteiger partial charge in [-0.05, 0) is 56.3 Å². The first-order valence-electron chi connectivity index (χ1n) is 11.5. The summed E-state index contributed by atoms with van der Waals surface area (Å²) in [6, 6.07) is 0. The Morgan fingerprint density at radius 2 is 1.97 bits per heavy atom. The highest BCUT2D eigenvalue weighted by Gasteiger charge is 2.51. The van der Waals surface area contributed by atoms with Gasteiger partial charge in [0.15, 0.2) is 0 Å². The minimum absolute atomic E-state index is 0.124. The van der Waals surface area contributed by atoms with Crippen LogP contribution in [-0.2, 0) is 14.3 Å². The Kier molecular flexibility index (Phi) is 7.75. The number of ketones is 1. The summed E-state index contributed by atoms with van der Waals surface area (Å²) in [5, 5.41) is 9.26. The lowest BCUT2D eigenvalue weighted by Gasteiger charge is -2.51. The van der Waals surface area contributed by atoms with E-state index in [-0.39, 0.29) is 16.6 Å². The van der Waals surface area contributed by atoms with E-state index >= 15 is 0 Å². The molecule has 2 fully saturated rings. The lowest BCUT2D eigenvalue weighted by Crippen LogP contribution is -2.45. The van der Waals surface area contributed by atoms with Gasteiger partial charge in [-0.15, -0.1) is 6.58 Å². The van der Waals surface area contributed by atoms with E-state index in [4.69, 9.17) is 4.74 Å². The van der Waals surface area contributed by atoms with Gasteiger partial charge in [-0.1, -0.05) is 46.6 Å². The Balaban J connectivity index is 2.46.